The van der Waals surface area contributed by atoms with Crippen LogP contribution in [0.5, 0.6) is 17.2 Å². The number of fused-ring (bicyclic) bond motifs is 1. The number of nitrogens with zero attached hydrogens (tertiary/aromatic N) is 1. The van der Waals surface area contributed by atoms with Crippen molar-refractivity contribution in [2.45, 2.75) is 38.9 Å². The first kappa shape index (κ1) is 24.1. The zero-order valence-corrected chi connectivity index (χ0v) is 20.0. The van der Waals surface area contributed by atoms with E-state index in [2.05, 4.69) is 5.32 Å². The van der Waals surface area contributed by atoms with Crippen molar-refractivity contribution in [3.05, 3.63) is 89.5 Å². The molecule has 0 spiro atoms. The van der Waals surface area contributed by atoms with Gasteiger partial charge >= 0.3 is 0 Å². The van der Waals surface area contributed by atoms with Gasteiger partial charge in [-0.3, -0.25) is 9.59 Å². The van der Waals surface area contributed by atoms with E-state index in [1.807, 2.05) is 79.7 Å². The van der Waals surface area contributed by atoms with Gasteiger partial charge in [0.05, 0.1) is 7.11 Å². The molecule has 1 N–H and O–H groups in total. The molecule has 1 heterocycles. The maximum Gasteiger partial charge on any atom is 0.247 e. The summed E-state index contributed by atoms with van der Waals surface area (Å²) in [6.07, 6.45) is 1.05. The Labute approximate surface area is 205 Å². The van der Waals surface area contributed by atoms with Crippen LogP contribution >= 0.6 is 0 Å². The molecule has 0 unspecified atom stereocenters. The molecule has 0 aromatic heterocycles. The van der Waals surface area contributed by atoms with Gasteiger partial charge < -0.3 is 24.4 Å². The third-order valence-electron chi connectivity index (χ3n) is 5.88. The molecule has 0 saturated heterocycles. The zero-order chi connectivity index (χ0) is 24.6. The number of ether oxygens (including phenoxy) is 3. The normalized spacial score (nSPS) is 12.6. The predicted octanol–water partition coefficient (Wildman–Crippen LogP) is 4.61. The van der Waals surface area contributed by atoms with E-state index >= 15 is 0 Å². The Balaban J connectivity index is 1.59. The van der Waals surface area contributed by atoms with Crippen LogP contribution in [0.4, 0.5) is 0 Å². The maximum atomic E-state index is 13.6. The molecule has 1 aliphatic heterocycles. The van der Waals surface area contributed by atoms with Crippen LogP contribution in [0.2, 0.25) is 0 Å². The van der Waals surface area contributed by atoms with E-state index in [9.17, 15) is 9.59 Å². The fourth-order valence-electron chi connectivity index (χ4n) is 4.05. The lowest BCUT2D eigenvalue weighted by atomic mass is 10.0. The van der Waals surface area contributed by atoms with Crippen molar-refractivity contribution in [2.75, 3.05) is 13.9 Å². The number of rotatable bonds is 10. The van der Waals surface area contributed by atoms with Gasteiger partial charge in [0.2, 0.25) is 18.6 Å². The smallest absolute Gasteiger partial charge is 0.247 e. The molecule has 35 heavy (non-hydrogen) atoms. The van der Waals surface area contributed by atoms with Crippen molar-refractivity contribution in [2.24, 2.45) is 0 Å². The Hall–Kier alpha value is -4.00. The topological polar surface area (TPSA) is 77.1 Å². The van der Waals surface area contributed by atoms with E-state index in [4.69, 9.17) is 14.2 Å². The molecule has 3 aromatic carbocycles. The Morgan fingerprint density at radius 1 is 0.971 bits per heavy atom. The van der Waals surface area contributed by atoms with Gasteiger partial charge in [-0.2, -0.15) is 0 Å². The molecule has 0 saturated carbocycles. The standard InChI is InChI=1S/C28H30N2O5/c1-3-7-26(31)30(18-20-10-13-23(33-2)14-11-20)27(22-8-5-4-6-9-22)28(32)29-17-21-12-15-24-25(16-21)35-19-34-24/h4-6,8-16,27H,3,7,17-19H2,1-2H3,(H,29,32)/t27-/m0/s1. The van der Waals surface area contributed by atoms with E-state index in [0.29, 0.717) is 37.4 Å². The van der Waals surface area contributed by atoms with Gasteiger partial charge in [-0.1, -0.05) is 55.5 Å². The summed E-state index contributed by atoms with van der Waals surface area (Å²) < 4.78 is 16.1. The van der Waals surface area contributed by atoms with Crippen LogP contribution in [-0.4, -0.2) is 30.6 Å². The molecule has 182 valence electrons. The minimum absolute atomic E-state index is 0.0737. The van der Waals surface area contributed by atoms with E-state index in [1.54, 1.807) is 12.0 Å². The largest absolute Gasteiger partial charge is 0.497 e. The monoisotopic (exact) mass is 474 g/mol. The molecule has 3 aromatic rings. The summed E-state index contributed by atoms with van der Waals surface area (Å²) in [7, 11) is 1.61. The summed E-state index contributed by atoms with van der Waals surface area (Å²) in [5, 5.41) is 3.02. The van der Waals surface area contributed by atoms with E-state index in [0.717, 1.165) is 22.4 Å². The van der Waals surface area contributed by atoms with Crippen molar-refractivity contribution >= 4 is 11.8 Å². The summed E-state index contributed by atoms with van der Waals surface area (Å²) in [4.78, 5) is 28.6. The highest BCUT2D eigenvalue weighted by atomic mass is 16.7. The highest BCUT2D eigenvalue weighted by Crippen LogP contribution is 2.32. The van der Waals surface area contributed by atoms with Crippen LogP contribution in [0.15, 0.2) is 72.8 Å². The Morgan fingerprint density at radius 2 is 1.69 bits per heavy atom. The van der Waals surface area contributed by atoms with Gasteiger partial charge in [-0.05, 0) is 47.4 Å². The minimum Gasteiger partial charge on any atom is -0.497 e. The molecule has 2 amide bonds. The lowest BCUT2D eigenvalue weighted by molar-refractivity contribution is -0.141. The molecule has 0 aliphatic carbocycles. The first-order chi connectivity index (χ1) is 17.1. The third kappa shape index (κ3) is 5.93. The quantitative estimate of drug-likeness (QED) is 0.464. The van der Waals surface area contributed by atoms with Crippen LogP contribution in [0.3, 0.4) is 0 Å². The number of hydrogen-bond donors (Lipinski definition) is 1. The number of carbonyl (C=O) groups excluding carboxylic acids is 2. The molecule has 1 atom stereocenters. The van der Waals surface area contributed by atoms with Crippen LogP contribution in [-0.2, 0) is 22.7 Å². The fraction of sp³-hybridized carbons (Fsp3) is 0.286. The summed E-state index contributed by atoms with van der Waals surface area (Å²) in [5.74, 6) is 1.78. The van der Waals surface area contributed by atoms with Crippen molar-refractivity contribution < 1.29 is 23.8 Å². The van der Waals surface area contributed by atoms with Crippen molar-refractivity contribution in [3.8, 4) is 17.2 Å². The van der Waals surface area contributed by atoms with Gasteiger partial charge in [0.1, 0.15) is 11.8 Å². The summed E-state index contributed by atoms with van der Waals surface area (Å²) >= 11 is 0. The fourth-order valence-corrected chi connectivity index (χ4v) is 4.05. The molecule has 0 bridgehead atoms. The molecule has 7 heteroatoms. The predicted molar refractivity (Wildman–Crippen MR) is 132 cm³/mol. The van der Waals surface area contributed by atoms with Gasteiger partial charge in [0.15, 0.2) is 11.5 Å². The number of methoxy groups -OCH3 is 1. The van der Waals surface area contributed by atoms with E-state index in [1.165, 1.54) is 0 Å². The van der Waals surface area contributed by atoms with Crippen LogP contribution in [0.25, 0.3) is 0 Å². The van der Waals surface area contributed by atoms with E-state index in [-0.39, 0.29) is 18.6 Å². The Morgan fingerprint density at radius 3 is 2.40 bits per heavy atom. The molecular weight excluding hydrogens is 444 g/mol. The first-order valence-corrected chi connectivity index (χ1v) is 11.7. The van der Waals surface area contributed by atoms with Crippen LogP contribution < -0.4 is 19.5 Å². The van der Waals surface area contributed by atoms with Gasteiger partial charge in [0, 0.05) is 19.5 Å². The van der Waals surface area contributed by atoms with Crippen molar-refractivity contribution in [1.82, 2.24) is 10.2 Å². The lowest BCUT2D eigenvalue weighted by Crippen LogP contribution is -2.43. The van der Waals surface area contributed by atoms with Gasteiger partial charge in [-0.15, -0.1) is 0 Å². The molecule has 0 fully saturated rings. The summed E-state index contributed by atoms with van der Waals surface area (Å²) in [6, 6.07) is 21.8. The first-order valence-electron chi connectivity index (χ1n) is 11.7. The second-order valence-electron chi connectivity index (χ2n) is 8.34. The number of nitrogens with one attached hydrogen (secondary N) is 1. The molecule has 4 rings (SSSR count). The summed E-state index contributed by atoms with van der Waals surface area (Å²) in [5.41, 5.74) is 2.56. The molecule has 0 radical (unpaired) electrons. The number of carbonyl (C=O) groups is 2. The SMILES string of the molecule is CCCC(=O)N(Cc1ccc(OC)cc1)[C@H](C(=O)NCc1ccc2c(c1)OCO2)c1ccccc1. The molecule has 7 nitrogen and oxygen atoms in total. The number of hydrogen-bond acceptors (Lipinski definition) is 5. The van der Waals surface area contributed by atoms with Crippen molar-refractivity contribution in [1.29, 1.82) is 0 Å². The third-order valence-corrected chi connectivity index (χ3v) is 5.88. The number of benzene rings is 3. The molecular formula is C28H30N2O5. The highest BCUT2D eigenvalue weighted by Gasteiger charge is 2.31. The highest BCUT2D eigenvalue weighted by molar-refractivity contribution is 5.88. The maximum absolute atomic E-state index is 13.6. The average molecular weight is 475 g/mol. The minimum atomic E-state index is -0.772. The molecule has 1 aliphatic rings. The zero-order valence-electron chi connectivity index (χ0n) is 20.0. The number of amides is 2. The second kappa shape index (κ2) is 11.4. The van der Waals surface area contributed by atoms with E-state index < -0.39 is 6.04 Å². The Bertz CT molecular complexity index is 1150. The van der Waals surface area contributed by atoms with Crippen LogP contribution in [0, 0.1) is 0 Å². The van der Waals surface area contributed by atoms with Crippen LogP contribution in [0.1, 0.15) is 42.5 Å². The van der Waals surface area contributed by atoms with Gasteiger partial charge in [-0.25, -0.2) is 0 Å². The second-order valence-corrected chi connectivity index (χ2v) is 8.34. The van der Waals surface area contributed by atoms with Crippen molar-refractivity contribution in [3.63, 3.8) is 0 Å². The van der Waals surface area contributed by atoms with Gasteiger partial charge in [0.25, 0.3) is 0 Å². The average Bonchev–Trinajstić information content (AvgIpc) is 3.36. The Kier molecular flexibility index (Phi) is 7.88. The lowest BCUT2D eigenvalue weighted by Gasteiger charge is -2.31. The summed E-state index contributed by atoms with van der Waals surface area (Å²) in [6.45, 7) is 2.76.